The first-order valence-corrected chi connectivity index (χ1v) is 13.4. The quantitative estimate of drug-likeness (QED) is 0.412. The lowest BCUT2D eigenvalue weighted by Gasteiger charge is -2.59. The van der Waals surface area contributed by atoms with Gasteiger partial charge in [0.05, 0.1) is 6.61 Å². The molecule has 4 bridgehead atoms. The lowest BCUT2D eigenvalue weighted by Crippen LogP contribution is -2.55. The lowest BCUT2D eigenvalue weighted by molar-refractivity contribution is -0.0702. The van der Waals surface area contributed by atoms with Crippen LogP contribution in [-0.2, 0) is 13.2 Å². The van der Waals surface area contributed by atoms with E-state index in [1.165, 1.54) is 49.0 Å². The fraction of sp³-hybridized carbons (Fsp3) is 0.571. The van der Waals surface area contributed by atoms with Crippen LogP contribution in [0.2, 0.25) is 0 Å². The van der Waals surface area contributed by atoms with Crippen molar-refractivity contribution in [1.82, 2.24) is 10.6 Å². The zero-order chi connectivity index (χ0) is 22.0. The van der Waals surface area contributed by atoms with Crippen LogP contribution in [0.4, 0.5) is 0 Å². The molecule has 6 rings (SSSR count). The van der Waals surface area contributed by atoms with E-state index in [9.17, 15) is 5.11 Å². The van der Waals surface area contributed by atoms with Gasteiger partial charge in [0.25, 0.3) is 0 Å². The second-order valence-electron chi connectivity index (χ2n) is 10.6. The second-order valence-corrected chi connectivity index (χ2v) is 11.7. The number of rotatable bonds is 10. The molecule has 1 unspecified atom stereocenters. The first-order chi connectivity index (χ1) is 15.6. The molecule has 32 heavy (non-hydrogen) atoms. The van der Waals surface area contributed by atoms with Crippen molar-refractivity contribution in [3.63, 3.8) is 0 Å². The minimum Gasteiger partial charge on any atom is -0.392 e. The number of hydrogen-bond acceptors (Lipinski definition) is 4. The van der Waals surface area contributed by atoms with Crippen LogP contribution in [0.25, 0.3) is 0 Å². The predicted molar refractivity (Wildman–Crippen MR) is 133 cm³/mol. The molecule has 4 fully saturated rings. The van der Waals surface area contributed by atoms with Crippen molar-refractivity contribution in [3.8, 4) is 0 Å². The molecule has 0 radical (unpaired) electrons. The molecule has 1 atom stereocenters. The molecular weight excluding hydrogens is 412 g/mol. The minimum absolute atomic E-state index is 0.0805. The van der Waals surface area contributed by atoms with Gasteiger partial charge in [-0.1, -0.05) is 48.2 Å². The molecule has 4 heteroatoms. The molecule has 4 saturated carbocycles. The van der Waals surface area contributed by atoms with Crippen LogP contribution in [0.1, 0.15) is 56.6 Å². The van der Waals surface area contributed by atoms with Gasteiger partial charge >= 0.3 is 0 Å². The van der Waals surface area contributed by atoms with Crippen molar-refractivity contribution in [1.29, 1.82) is 0 Å². The van der Waals surface area contributed by atoms with Gasteiger partial charge in [-0.25, -0.2) is 0 Å². The molecule has 0 heterocycles. The van der Waals surface area contributed by atoms with Gasteiger partial charge in [0, 0.05) is 35.5 Å². The van der Waals surface area contributed by atoms with E-state index in [1.54, 1.807) is 11.8 Å². The van der Waals surface area contributed by atoms with Crippen LogP contribution >= 0.6 is 11.8 Å². The number of benzene rings is 2. The molecule has 4 aliphatic rings. The van der Waals surface area contributed by atoms with E-state index < -0.39 is 0 Å². The van der Waals surface area contributed by atoms with Gasteiger partial charge < -0.3 is 15.7 Å². The van der Waals surface area contributed by atoms with Crippen LogP contribution < -0.4 is 10.6 Å². The van der Waals surface area contributed by atoms with Crippen molar-refractivity contribution in [2.24, 2.45) is 23.2 Å². The Balaban J connectivity index is 1.11. The molecule has 172 valence electrons. The van der Waals surface area contributed by atoms with E-state index in [2.05, 4.69) is 47.9 Å². The minimum atomic E-state index is 0.0805. The summed E-state index contributed by atoms with van der Waals surface area (Å²) >= 11 is 1.75. The number of aliphatic hydroxyl groups excluding tert-OH is 1. The highest BCUT2D eigenvalue weighted by molar-refractivity contribution is 7.99. The standard InChI is InChI=1S/C28H38N2OS/c1-20(28-15-21-12-22(16-28)14-23(13-21)17-28)30-11-10-29-18-24-6-2-4-8-26(24)32-27-9-5-3-7-25(27)19-31/h2-9,20-23,29-31H,10-19H2,1H3. The molecule has 0 spiro atoms. The molecule has 3 nitrogen and oxygen atoms in total. The van der Waals surface area contributed by atoms with E-state index in [0.29, 0.717) is 11.5 Å². The molecule has 2 aromatic rings. The van der Waals surface area contributed by atoms with Gasteiger partial charge in [-0.3, -0.25) is 0 Å². The van der Waals surface area contributed by atoms with Crippen molar-refractivity contribution < 1.29 is 5.11 Å². The molecular formula is C28H38N2OS. The Labute approximate surface area is 197 Å². The fourth-order valence-corrected chi connectivity index (χ4v) is 8.19. The summed E-state index contributed by atoms with van der Waals surface area (Å²) in [7, 11) is 0. The number of nitrogens with one attached hydrogen (secondary N) is 2. The largest absolute Gasteiger partial charge is 0.392 e. The van der Waals surface area contributed by atoms with Gasteiger partial charge in [-0.2, -0.15) is 0 Å². The highest BCUT2D eigenvalue weighted by Gasteiger charge is 2.52. The van der Waals surface area contributed by atoms with Crippen molar-refractivity contribution in [2.45, 2.75) is 74.4 Å². The molecule has 2 aromatic carbocycles. The number of aliphatic hydroxyl groups is 1. The van der Waals surface area contributed by atoms with Crippen molar-refractivity contribution >= 4 is 11.8 Å². The number of hydrogen-bond donors (Lipinski definition) is 3. The van der Waals surface area contributed by atoms with E-state index >= 15 is 0 Å². The van der Waals surface area contributed by atoms with E-state index in [4.69, 9.17) is 0 Å². The fourth-order valence-electron chi connectivity index (χ4n) is 7.13. The van der Waals surface area contributed by atoms with Crippen molar-refractivity contribution in [3.05, 3.63) is 59.7 Å². The molecule has 4 aliphatic carbocycles. The van der Waals surface area contributed by atoms with E-state index in [1.807, 2.05) is 18.2 Å². The Morgan fingerprint density at radius 1 is 0.875 bits per heavy atom. The summed E-state index contributed by atoms with van der Waals surface area (Å²) in [4.78, 5) is 2.39. The summed E-state index contributed by atoms with van der Waals surface area (Å²) in [6, 6.07) is 17.4. The molecule has 0 saturated heterocycles. The first-order valence-electron chi connectivity index (χ1n) is 12.5. The summed E-state index contributed by atoms with van der Waals surface area (Å²) < 4.78 is 0. The highest BCUT2D eigenvalue weighted by atomic mass is 32.2. The van der Waals surface area contributed by atoms with Gasteiger partial charge in [0.1, 0.15) is 0 Å². The maximum absolute atomic E-state index is 9.64. The van der Waals surface area contributed by atoms with Gasteiger partial charge in [-0.15, -0.1) is 0 Å². The third-order valence-electron chi connectivity index (χ3n) is 8.41. The van der Waals surface area contributed by atoms with Gasteiger partial charge in [0.2, 0.25) is 0 Å². The average Bonchev–Trinajstić information content (AvgIpc) is 2.79. The Morgan fingerprint density at radius 3 is 2.06 bits per heavy atom. The highest BCUT2D eigenvalue weighted by Crippen LogP contribution is 2.61. The zero-order valence-electron chi connectivity index (χ0n) is 19.4. The lowest BCUT2D eigenvalue weighted by atomic mass is 9.48. The average molecular weight is 451 g/mol. The summed E-state index contributed by atoms with van der Waals surface area (Å²) in [5.41, 5.74) is 2.89. The zero-order valence-corrected chi connectivity index (χ0v) is 20.2. The maximum Gasteiger partial charge on any atom is 0.0692 e. The van der Waals surface area contributed by atoms with Crippen molar-refractivity contribution in [2.75, 3.05) is 13.1 Å². The SMILES string of the molecule is CC(NCCNCc1ccccc1Sc1ccccc1CO)C12CC3CC(CC(C3)C1)C2. The Hall–Kier alpha value is -1.33. The van der Waals surface area contributed by atoms with E-state index in [-0.39, 0.29) is 6.61 Å². The normalized spacial score (nSPS) is 29.4. The predicted octanol–water partition coefficient (Wildman–Crippen LogP) is 5.61. The topological polar surface area (TPSA) is 44.3 Å². The molecule has 0 aromatic heterocycles. The third kappa shape index (κ3) is 4.79. The van der Waals surface area contributed by atoms with Gasteiger partial charge in [-0.05, 0) is 91.9 Å². The van der Waals surface area contributed by atoms with Crippen LogP contribution in [0, 0.1) is 23.2 Å². The molecule has 3 N–H and O–H groups in total. The van der Waals surface area contributed by atoms with Crippen LogP contribution in [0.3, 0.4) is 0 Å². The van der Waals surface area contributed by atoms with E-state index in [0.717, 1.165) is 47.8 Å². The van der Waals surface area contributed by atoms with Gasteiger partial charge in [0.15, 0.2) is 0 Å². The second kappa shape index (κ2) is 9.89. The van der Waals surface area contributed by atoms with Crippen LogP contribution in [0.15, 0.2) is 58.3 Å². The van der Waals surface area contributed by atoms with Crippen LogP contribution in [-0.4, -0.2) is 24.2 Å². The summed E-state index contributed by atoms with van der Waals surface area (Å²) in [5, 5.41) is 17.2. The third-order valence-corrected chi connectivity index (χ3v) is 9.64. The summed E-state index contributed by atoms with van der Waals surface area (Å²) in [6.45, 7) is 5.43. The molecule has 0 amide bonds. The Kier molecular flexibility index (Phi) is 6.94. The maximum atomic E-state index is 9.64. The Bertz CT molecular complexity index is 879. The summed E-state index contributed by atoms with van der Waals surface area (Å²) in [5.74, 6) is 3.07. The van der Waals surface area contributed by atoms with Crippen LogP contribution in [0.5, 0.6) is 0 Å². The monoisotopic (exact) mass is 450 g/mol. The first kappa shape index (κ1) is 22.5. The summed E-state index contributed by atoms with van der Waals surface area (Å²) in [6.07, 6.45) is 8.98. The Morgan fingerprint density at radius 2 is 1.44 bits per heavy atom. The smallest absolute Gasteiger partial charge is 0.0692 e. The molecule has 0 aliphatic heterocycles.